The van der Waals surface area contributed by atoms with Gasteiger partial charge in [-0.2, -0.15) is 9.78 Å². The van der Waals surface area contributed by atoms with Crippen LogP contribution >= 0.6 is 15.9 Å². The number of rotatable bonds is 5. The average Bonchev–Trinajstić information content (AvgIpc) is 3.23. The second-order valence-electron chi connectivity index (χ2n) is 7.21. The summed E-state index contributed by atoms with van der Waals surface area (Å²) in [6, 6.07) is 10.5. The van der Waals surface area contributed by atoms with Crippen molar-refractivity contribution in [3.05, 3.63) is 68.4 Å². The molecule has 2 aromatic carbocycles. The first kappa shape index (κ1) is 19.8. The Hall–Kier alpha value is -2.54. The molecule has 1 aliphatic rings. The molecule has 5 nitrogen and oxygen atoms in total. The summed E-state index contributed by atoms with van der Waals surface area (Å²) < 4.78 is 16.7. The Kier molecular flexibility index (Phi) is 5.76. The fraction of sp³-hybridized carbons (Fsp3) is 0.318. The number of fused-ring (bicyclic) bond motifs is 1. The van der Waals surface area contributed by atoms with Gasteiger partial charge in [0.15, 0.2) is 0 Å². The molecule has 0 bridgehead atoms. The molecule has 0 saturated carbocycles. The zero-order chi connectivity index (χ0) is 20.4. The molecule has 1 fully saturated rings. The summed E-state index contributed by atoms with van der Waals surface area (Å²) >= 11 is 3.40. The number of hydrogen-bond donors (Lipinski definition) is 0. The highest BCUT2D eigenvalue weighted by molar-refractivity contribution is 9.10. The largest absolute Gasteiger partial charge is 0.369 e. The van der Waals surface area contributed by atoms with Crippen LogP contribution in [-0.2, 0) is 6.42 Å². The van der Waals surface area contributed by atoms with Gasteiger partial charge in [-0.05, 0) is 55.2 Å². The van der Waals surface area contributed by atoms with Crippen LogP contribution in [0.15, 0.2) is 50.8 Å². The quantitative estimate of drug-likeness (QED) is 0.521. The minimum absolute atomic E-state index is 0.231. The molecule has 0 N–H and O–H groups in total. The number of nitrogens with zero attached hydrogens (tertiary/aromatic N) is 4. The van der Waals surface area contributed by atoms with Gasteiger partial charge in [-0.25, -0.2) is 9.37 Å². The molecule has 0 spiro atoms. The molecular weight excluding hydrogens is 435 g/mol. The van der Waals surface area contributed by atoms with Crippen molar-refractivity contribution in [3.63, 3.8) is 0 Å². The third-order valence-electron chi connectivity index (χ3n) is 5.09. The van der Waals surface area contributed by atoms with Crippen LogP contribution in [0.4, 0.5) is 10.1 Å². The molecule has 0 atom stereocenters. The van der Waals surface area contributed by atoms with E-state index in [1.807, 2.05) is 25.1 Å². The van der Waals surface area contributed by atoms with E-state index in [1.54, 1.807) is 12.1 Å². The third-order valence-corrected chi connectivity index (χ3v) is 5.58. The summed E-state index contributed by atoms with van der Waals surface area (Å²) in [5, 5.41) is 4.86. The highest BCUT2D eigenvalue weighted by atomic mass is 79.9. The van der Waals surface area contributed by atoms with Gasteiger partial charge in [0.25, 0.3) is 5.56 Å². The number of hydrogen-bond acceptors (Lipinski definition) is 4. The van der Waals surface area contributed by atoms with Gasteiger partial charge in [-0.15, -0.1) is 0 Å². The molecule has 1 aromatic heterocycles. The van der Waals surface area contributed by atoms with Crippen molar-refractivity contribution in [2.75, 3.05) is 18.0 Å². The van der Waals surface area contributed by atoms with Crippen LogP contribution < -0.4 is 10.5 Å². The summed E-state index contributed by atoms with van der Waals surface area (Å²) in [7, 11) is 0. The van der Waals surface area contributed by atoms with Gasteiger partial charge in [0.2, 0.25) is 0 Å². The maximum Gasteiger partial charge on any atom is 0.282 e. The van der Waals surface area contributed by atoms with Crippen LogP contribution in [0.25, 0.3) is 10.9 Å². The monoisotopic (exact) mass is 456 g/mol. The zero-order valence-electron chi connectivity index (χ0n) is 16.2. The second-order valence-corrected chi connectivity index (χ2v) is 8.12. The zero-order valence-corrected chi connectivity index (χ0v) is 17.8. The Morgan fingerprint density at radius 1 is 1.21 bits per heavy atom. The van der Waals surface area contributed by atoms with Gasteiger partial charge >= 0.3 is 0 Å². The predicted molar refractivity (Wildman–Crippen MR) is 119 cm³/mol. The fourth-order valence-electron chi connectivity index (χ4n) is 3.64. The summed E-state index contributed by atoms with van der Waals surface area (Å²) in [5.41, 5.74) is 1.65. The molecule has 3 aromatic rings. The van der Waals surface area contributed by atoms with Crippen LogP contribution in [0.1, 0.15) is 37.6 Å². The average molecular weight is 457 g/mol. The van der Waals surface area contributed by atoms with Crippen LogP contribution in [-0.4, -0.2) is 29.0 Å². The molecule has 1 saturated heterocycles. The van der Waals surface area contributed by atoms with E-state index in [-0.39, 0.29) is 11.4 Å². The van der Waals surface area contributed by atoms with Crippen molar-refractivity contribution in [1.82, 2.24) is 9.66 Å². The van der Waals surface area contributed by atoms with E-state index in [1.165, 1.54) is 17.0 Å². The van der Waals surface area contributed by atoms with Gasteiger partial charge in [-0.1, -0.05) is 28.9 Å². The molecule has 2 heterocycles. The number of aryl methyl sites for hydroxylation is 1. The summed E-state index contributed by atoms with van der Waals surface area (Å²) in [5.74, 6) is 0.329. The second kappa shape index (κ2) is 8.45. The lowest BCUT2D eigenvalue weighted by Crippen LogP contribution is -2.22. The molecule has 0 amide bonds. The van der Waals surface area contributed by atoms with Gasteiger partial charge in [0.05, 0.1) is 22.8 Å². The Bertz CT molecular complexity index is 1140. The first-order valence-electron chi connectivity index (χ1n) is 9.87. The number of halogens is 2. The minimum Gasteiger partial charge on any atom is -0.369 e. The predicted octanol–water partition coefficient (Wildman–Crippen LogP) is 4.73. The molecule has 0 radical (unpaired) electrons. The molecule has 0 unspecified atom stereocenters. The van der Waals surface area contributed by atoms with Crippen molar-refractivity contribution >= 4 is 38.7 Å². The normalized spacial score (nSPS) is 14.4. The van der Waals surface area contributed by atoms with E-state index in [2.05, 4.69) is 30.9 Å². The molecule has 1 aliphatic heterocycles. The minimum atomic E-state index is -0.266. The van der Waals surface area contributed by atoms with Gasteiger partial charge in [0.1, 0.15) is 11.6 Å². The molecule has 29 heavy (non-hydrogen) atoms. The Morgan fingerprint density at radius 2 is 2.00 bits per heavy atom. The number of aromatic nitrogens is 2. The van der Waals surface area contributed by atoms with Crippen LogP contribution in [0.2, 0.25) is 0 Å². The van der Waals surface area contributed by atoms with E-state index >= 15 is 0 Å². The molecular formula is C22H22BrFN4O. The van der Waals surface area contributed by atoms with E-state index in [0.717, 1.165) is 36.8 Å². The van der Waals surface area contributed by atoms with Crippen molar-refractivity contribution in [2.24, 2.45) is 5.10 Å². The van der Waals surface area contributed by atoms with Gasteiger partial charge in [0, 0.05) is 24.0 Å². The topological polar surface area (TPSA) is 50.5 Å². The van der Waals surface area contributed by atoms with Crippen LogP contribution in [0, 0.1) is 5.82 Å². The highest BCUT2D eigenvalue weighted by Gasteiger charge is 2.16. The smallest absolute Gasteiger partial charge is 0.282 e. The van der Waals surface area contributed by atoms with E-state index in [9.17, 15) is 9.18 Å². The first-order chi connectivity index (χ1) is 14.1. The summed E-state index contributed by atoms with van der Waals surface area (Å²) in [6.45, 7) is 3.80. The number of anilines is 1. The third kappa shape index (κ3) is 4.10. The van der Waals surface area contributed by atoms with E-state index in [4.69, 9.17) is 0 Å². The van der Waals surface area contributed by atoms with E-state index in [0.29, 0.717) is 34.4 Å². The maximum absolute atomic E-state index is 14.6. The van der Waals surface area contributed by atoms with Gasteiger partial charge in [-0.3, -0.25) is 4.79 Å². The van der Waals surface area contributed by atoms with Crippen molar-refractivity contribution < 1.29 is 4.39 Å². The molecule has 0 aliphatic carbocycles. The highest BCUT2D eigenvalue weighted by Crippen LogP contribution is 2.24. The lowest BCUT2D eigenvalue weighted by Gasteiger charge is -2.18. The first-order valence-corrected chi connectivity index (χ1v) is 10.7. The fourth-order valence-corrected chi connectivity index (χ4v) is 4.00. The maximum atomic E-state index is 14.6. The van der Waals surface area contributed by atoms with Gasteiger partial charge < -0.3 is 4.90 Å². The lowest BCUT2D eigenvalue weighted by molar-refractivity contribution is 0.623. The molecule has 4 rings (SSSR count). The number of benzene rings is 2. The molecule has 150 valence electrons. The summed E-state index contributed by atoms with van der Waals surface area (Å²) in [6.07, 6.45) is 5.17. The Labute approximate surface area is 177 Å². The van der Waals surface area contributed by atoms with Crippen molar-refractivity contribution in [2.45, 2.75) is 32.6 Å². The Morgan fingerprint density at radius 3 is 2.72 bits per heavy atom. The van der Waals surface area contributed by atoms with Crippen molar-refractivity contribution in [3.8, 4) is 0 Å². The molecule has 7 heteroatoms. The standard InChI is InChI=1S/C22H22BrFN4O/c1-2-5-21-26-19-8-7-16(23)13-17(19)22(29)28(21)25-14-15-6-9-20(18(24)12-15)27-10-3-4-11-27/h6-9,12-14H,2-5,10-11H2,1H3. The van der Waals surface area contributed by atoms with Crippen LogP contribution in [0.3, 0.4) is 0 Å². The Balaban J connectivity index is 1.72. The summed E-state index contributed by atoms with van der Waals surface area (Å²) in [4.78, 5) is 19.7. The van der Waals surface area contributed by atoms with Crippen LogP contribution in [0.5, 0.6) is 0 Å². The van der Waals surface area contributed by atoms with E-state index < -0.39 is 0 Å². The van der Waals surface area contributed by atoms with Crippen molar-refractivity contribution in [1.29, 1.82) is 0 Å². The lowest BCUT2D eigenvalue weighted by atomic mass is 10.2. The SMILES string of the molecule is CCCc1nc2ccc(Br)cc2c(=O)n1N=Cc1ccc(N2CCCC2)c(F)c1.